The Morgan fingerprint density at radius 3 is 3.04 bits per heavy atom. The van der Waals surface area contributed by atoms with Crippen LogP contribution < -0.4 is 0 Å². The first-order chi connectivity index (χ1) is 11.1. The predicted molar refractivity (Wildman–Crippen MR) is 90.5 cm³/mol. The molecule has 1 aromatic rings. The van der Waals surface area contributed by atoms with Gasteiger partial charge in [-0.3, -0.25) is 4.90 Å². The van der Waals surface area contributed by atoms with E-state index in [1.165, 1.54) is 11.1 Å². The zero-order chi connectivity index (χ0) is 16.2. The highest BCUT2D eigenvalue weighted by Crippen LogP contribution is 2.32. The summed E-state index contributed by atoms with van der Waals surface area (Å²) in [6.07, 6.45) is 3.27. The van der Waals surface area contributed by atoms with Gasteiger partial charge in [-0.25, -0.2) is 0 Å². The highest BCUT2D eigenvalue weighted by atomic mass is 16.5. The predicted octanol–water partition coefficient (Wildman–Crippen LogP) is 2.55. The van der Waals surface area contributed by atoms with E-state index in [4.69, 9.17) is 9.47 Å². The van der Waals surface area contributed by atoms with E-state index < -0.39 is 6.10 Å². The van der Waals surface area contributed by atoms with E-state index in [0.717, 1.165) is 32.4 Å². The van der Waals surface area contributed by atoms with Gasteiger partial charge in [-0.1, -0.05) is 24.3 Å². The zero-order valence-corrected chi connectivity index (χ0v) is 14.3. The largest absolute Gasteiger partial charge is 0.389 e. The number of morpholine rings is 1. The molecule has 1 heterocycles. The molecule has 1 N–H and O–H groups in total. The number of nitrogens with zero attached hydrogens (tertiary/aromatic N) is 1. The zero-order valence-electron chi connectivity index (χ0n) is 14.3. The van der Waals surface area contributed by atoms with Crippen molar-refractivity contribution in [2.75, 3.05) is 26.3 Å². The minimum Gasteiger partial charge on any atom is -0.389 e. The maximum atomic E-state index is 10.4. The van der Waals surface area contributed by atoms with Crippen molar-refractivity contribution in [3.8, 4) is 0 Å². The van der Waals surface area contributed by atoms with Gasteiger partial charge in [0.2, 0.25) is 0 Å². The van der Waals surface area contributed by atoms with Gasteiger partial charge in [0.05, 0.1) is 31.5 Å². The van der Waals surface area contributed by atoms with E-state index in [-0.39, 0.29) is 12.2 Å². The lowest BCUT2D eigenvalue weighted by atomic mass is 9.89. The number of aryl methyl sites for hydroxylation is 1. The average Bonchev–Trinajstić information content (AvgIpc) is 2.57. The fraction of sp³-hybridized carbons (Fsp3) is 0.684. The number of fused-ring (bicyclic) bond motifs is 1. The molecule has 23 heavy (non-hydrogen) atoms. The fourth-order valence-corrected chi connectivity index (χ4v) is 3.69. The summed E-state index contributed by atoms with van der Waals surface area (Å²) in [7, 11) is 0. The van der Waals surface area contributed by atoms with Gasteiger partial charge in [0, 0.05) is 19.1 Å². The Bertz CT molecular complexity index is 507. The molecular weight excluding hydrogens is 290 g/mol. The average molecular weight is 319 g/mol. The van der Waals surface area contributed by atoms with Crippen LogP contribution in [0, 0.1) is 0 Å². The summed E-state index contributed by atoms with van der Waals surface area (Å²) >= 11 is 0. The van der Waals surface area contributed by atoms with Crippen LogP contribution in [0.15, 0.2) is 24.3 Å². The maximum Gasteiger partial charge on any atom is 0.0900 e. The monoisotopic (exact) mass is 319 g/mol. The molecule has 1 saturated heterocycles. The van der Waals surface area contributed by atoms with E-state index in [1.807, 2.05) is 0 Å². The van der Waals surface area contributed by atoms with Crippen molar-refractivity contribution in [2.24, 2.45) is 0 Å². The van der Waals surface area contributed by atoms with Crippen LogP contribution in [0.5, 0.6) is 0 Å². The minimum atomic E-state index is -0.447. The molecule has 1 fully saturated rings. The van der Waals surface area contributed by atoms with Crippen LogP contribution in [0.25, 0.3) is 0 Å². The molecule has 4 nitrogen and oxygen atoms in total. The van der Waals surface area contributed by atoms with Crippen LogP contribution >= 0.6 is 0 Å². The number of aliphatic hydroxyl groups excluding tert-OH is 1. The Balaban J connectivity index is 1.51. The molecule has 4 atom stereocenters. The first-order valence-corrected chi connectivity index (χ1v) is 8.88. The first kappa shape index (κ1) is 16.9. The van der Waals surface area contributed by atoms with Crippen LogP contribution in [-0.4, -0.2) is 54.6 Å². The van der Waals surface area contributed by atoms with Gasteiger partial charge in [-0.05, 0) is 44.2 Å². The molecule has 3 rings (SSSR count). The molecular formula is C19H29NO3. The lowest BCUT2D eigenvalue weighted by Crippen LogP contribution is -2.51. The van der Waals surface area contributed by atoms with E-state index >= 15 is 0 Å². The summed E-state index contributed by atoms with van der Waals surface area (Å²) in [6.45, 7) is 6.94. The summed E-state index contributed by atoms with van der Waals surface area (Å²) in [5.74, 6) is 0. The quantitative estimate of drug-likeness (QED) is 0.906. The molecule has 4 heteroatoms. The van der Waals surface area contributed by atoms with E-state index in [2.05, 4.69) is 43.0 Å². The normalized spacial score (nSPS) is 30.0. The van der Waals surface area contributed by atoms with Crippen LogP contribution in [-0.2, 0) is 15.9 Å². The van der Waals surface area contributed by atoms with Gasteiger partial charge < -0.3 is 14.6 Å². The molecule has 1 aliphatic heterocycles. The Morgan fingerprint density at radius 1 is 1.35 bits per heavy atom. The van der Waals surface area contributed by atoms with Gasteiger partial charge >= 0.3 is 0 Å². The number of aliphatic hydroxyl groups is 1. The Labute approximate surface area is 139 Å². The van der Waals surface area contributed by atoms with Gasteiger partial charge in [0.1, 0.15) is 0 Å². The first-order valence-electron chi connectivity index (χ1n) is 8.88. The Kier molecular flexibility index (Phi) is 5.70. The van der Waals surface area contributed by atoms with Crippen molar-refractivity contribution >= 4 is 0 Å². The van der Waals surface area contributed by atoms with Crippen molar-refractivity contribution in [1.82, 2.24) is 4.90 Å². The van der Waals surface area contributed by atoms with Crippen LogP contribution in [0.1, 0.15) is 43.9 Å². The molecule has 0 aromatic heterocycles. The number of ether oxygens (including phenoxy) is 2. The maximum absolute atomic E-state index is 10.4. The number of β-amino-alcohol motifs (C(OH)–C–C–N with tert-alkyl or cyclic N) is 1. The number of hydrogen-bond acceptors (Lipinski definition) is 4. The SMILES string of the molecule is CC1OCCN(CC(O)COC2CCCc3ccccc32)C1C. The third-order valence-corrected chi connectivity index (χ3v) is 5.26. The van der Waals surface area contributed by atoms with Gasteiger partial charge in [-0.2, -0.15) is 0 Å². The molecule has 0 radical (unpaired) electrons. The Hall–Kier alpha value is -0.940. The summed E-state index contributed by atoms with van der Waals surface area (Å²) < 4.78 is 11.7. The van der Waals surface area contributed by atoms with Crippen molar-refractivity contribution in [3.63, 3.8) is 0 Å². The topological polar surface area (TPSA) is 41.9 Å². The molecule has 1 aromatic carbocycles. The molecule has 4 unspecified atom stereocenters. The molecule has 1 aliphatic carbocycles. The van der Waals surface area contributed by atoms with E-state index in [0.29, 0.717) is 19.2 Å². The number of rotatable bonds is 5. The molecule has 2 aliphatic rings. The summed E-state index contributed by atoms with van der Waals surface area (Å²) in [5, 5.41) is 10.4. The van der Waals surface area contributed by atoms with Crippen molar-refractivity contribution in [2.45, 2.75) is 57.5 Å². The van der Waals surface area contributed by atoms with Crippen LogP contribution in [0.3, 0.4) is 0 Å². The van der Waals surface area contributed by atoms with Crippen LogP contribution in [0.2, 0.25) is 0 Å². The highest BCUT2D eigenvalue weighted by molar-refractivity contribution is 5.31. The van der Waals surface area contributed by atoms with E-state index in [9.17, 15) is 5.11 Å². The third kappa shape index (κ3) is 4.13. The molecule has 0 amide bonds. The molecule has 128 valence electrons. The number of benzene rings is 1. The van der Waals surface area contributed by atoms with Gasteiger partial charge in [0.25, 0.3) is 0 Å². The second-order valence-corrected chi connectivity index (χ2v) is 6.88. The summed E-state index contributed by atoms with van der Waals surface area (Å²) in [4.78, 5) is 2.30. The van der Waals surface area contributed by atoms with Gasteiger partial charge in [0.15, 0.2) is 0 Å². The highest BCUT2D eigenvalue weighted by Gasteiger charge is 2.27. The number of hydrogen-bond donors (Lipinski definition) is 1. The summed E-state index contributed by atoms with van der Waals surface area (Å²) in [6, 6.07) is 8.87. The molecule has 0 spiro atoms. The lowest BCUT2D eigenvalue weighted by Gasteiger charge is -2.38. The van der Waals surface area contributed by atoms with Crippen molar-refractivity contribution < 1.29 is 14.6 Å². The minimum absolute atomic E-state index is 0.135. The Morgan fingerprint density at radius 2 is 2.17 bits per heavy atom. The molecule has 0 bridgehead atoms. The second-order valence-electron chi connectivity index (χ2n) is 6.88. The second kappa shape index (κ2) is 7.75. The fourth-order valence-electron chi connectivity index (χ4n) is 3.69. The summed E-state index contributed by atoms with van der Waals surface area (Å²) in [5.41, 5.74) is 2.70. The van der Waals surface area contributed by atoms with Crippen molar-refractivity contribution in [3.05, 3.63) is 35.4 Å². The van der Waals surface area contributed by atoms with Gasteiger partial charge in [-0.15, -0.1) is 0 Å². The molecule has 0 saturated carbocycles. The van der Waals surface area contributed by atoms with E-state index in [1.54, 1.807) is 0 Å². The smallest absolute Gasteiger partial charge is 0.0900 e. The standard InChI is InChI=1S/C19H29NO3/c1-14-15(2)22-11-10-20(14)12-17(21)13-23-19-9-5-7-16-6-3-4-8-18(16)19/h3-4,6,8,14-15,17,19,21H,5,7,9-13H2,1-2H3. The van der Waals surface area contributed by atoms with Crippen LogP contribution in [0.4, 0.5) is 0 Å². The third-order valence-electron chi connectivity index (χ3n) is 5.26. The van der Waals surface area contributed by atoms with Crippen molar-refractivity contribution in [1.29, 1.82) is 0 Å². The lowest BCUT2D eigenvalue weighted by molar-refractivity contribution is -0.0816.